The Morgan fingerprint density at radius 2 is 1.94 bits per heavy atom. The van der Waals surface area contributed by atoms with Crippen molar-refractivity contribution >= 4 is 11.9 Å². The van der Waals surface area contributed by atoms with Crippen LogP contribution in [-0.4, -0.2) is 17.0 Å². The average Bonchev–Trinajstić information content (AvgIpc) is 3.11. The lowest BCUT2D eigenvalue weighted by Crippen LogP contribution is -2.36. The first-order chi connectivity index (χ1) is 8.45. The maximum absolute atomic E-state index is 12.9. The van der Waals surface area contributed by atoms with E-state index in [2.05, 4.69) is 5.32 Å². The Morgan fingerprint density at radius 3 is 2.44 bits per heavy atom. The third kappa shape index (κ3) is 2.18. The van der Waals surface area contributed by atoms with Crippen LogP contribution in [0.5, 0.6) is 0 Å². The number of aliphatic carboxylic acids is 1. The quantitative estimate of drug-likeness (QED) is 0.800. The smallest absolute Gasteiger partial charge is 0.319 e. The molecule has 1 aromatic rings. The SMILES string of the molecule is O=C(O)C1(C(=O)NCc2ccc(F)c(F)c2)CC1. The zero-order valence-corrected chi connectivity index (χ0v) is 9.37. The van der Waals surface area contributed by atoms with Gasteiger partial charge in [-0.25, -0.2) is 8.78 Å². The zero-order chi connectivity index (χ0) is 13.3. The Labute approximate surface area is 102 Å². The van der Waals surface area contributed by atoms with Crippen LogP contribution in [0.1, 0.15) is 18.4 Å². The van der Waals surface area contributed by atoms with E-state index >= 15 is 0 Å². The molecule has 1 fully saturated rings. The van der Waals surface area contributed by atoms with Crippen LogP contribution >= 0.6 is 0 Å². The molecular weight excluding hydrogens is 244 g/mol. The van der Waals surface area contributed by atoms with Gasteiger partial charge in [0, 0.05) is 6.54 Å². The Bertz CT molecular complexity index is 512. The molecular formula is C12H11F2NO3. The van der Waals surface area contributed by atoms with Gasteiger partial charge in [-0.05, 0) is 30.5 Å². The molecule has 0 radical (unpaired) electrons. The van der Waals surface area contributed by atoms with Crippen LogP contribution in [0.4, 0.5) is 8.78 Å². The molecule has 2 rings (SSSR count). The van der Waals surface area contributed by atoms with Gasteiger partial charge in [-0.3, -0.25) is 9.59 Å². The summed E-state index contributed by atoms with van der Waals surface area (Å²) < 4.78 is 25.6. The van der Waals surface area contributed by atoms with Crippen molar-refractivity contribution < 1.29 is 23.5 Å². The minimum absolute atomic E-state index is 0.0228. The van der Waals surface area contributed by atoms with E-state index in [1.54, 1.807) is 0 Å². The minimum Gasteiger partial charge on any atom is -0.480 e. The van der Waals surface area contributed by atoms with E-state index in [0.29, 0.717) is 18.4 Å². The van der Waals surface area contributed by atoms with E-state index in [-0.39, 0.29) is 6.54 Å². The summed E-state index contributed by atoms with van der Waals surface area (Å²) in [6, 6.07) is 3.26. The molecule has 0 saturated heterocycles. The number of hydrogen-bond donors (Lipinski definition) is 2. The van der Waals surface area contributed by atoms with Crippen LogP contribution in [-0.2, 0) is 16.1 Å². The normalized spacial score (nSPS) is 16.1. The predicted molar refractivity (Wildman–Crippen MR) is 57.5 cm³/mol. The van der Waals surface area contributed by atoms with Crippen LogP contribution in [0.3, 0.4) is 0 Å². The summed E-state index contributed by atoms with van der Waals surface area (Å²) in [5.74, 6) is -3.69. The molecule has 1 aliphatic rings. The van der Waals surface area contributed by atoms with Gasteiger partial charge in [0.15, 0.2) is 11.6 Å². The summed E-state index contributed by atoms with van der Waals surface area (Å²) in [4.78, 5) is 22.5. The van der Waals surface area contributed by atoms with Crippen molar-refractivity contribution in [2.45, 2.75) is 19.4 Å². The number of carbonyl (C=O) groups is 2. The highest BCUT2D eigenvalue weighted by Crippen LogP contribution is 2.46. The standard InChI is InChI=1S/C12H11F2NO3/c13-8-2-1-7(5-9(8)14)6-15-10(16)12(3-4-12)11(17)18/h1-2,5H,3-4,6H2,(H,15,16)(H,17,18). The number of hydrogen-bond acceptors (Lipinski definition) is 2. The number of carboxylic acids is 1. The Hall–Kier alpha value is -1.98. The third-order valence-electron chi connectivity index (χ3n) is 3.03. The maximum Gasteiger partial charge on any atom is 0.319 e. The van der Waals surface area contributed by atoms with Crippen LogP contribution in [0.2, 0.25) is 0 Å². The van der Waals surface area contributed by atoms with Crippen LogP contribution < -0.4 is 5.32 Å². The fourth-order valence-electron chi connectivity index (χ4n) is 1.66. The topological polar surface area (TPSA) is 66.4 Å². The first-order valence-corrected chi connectivity index (χ1v) is 5.41. The molecule has 6 heteroatoms. The highest BCUT2D eigenvalue weighted by Gasteiger charge is 2.56. The Kier molecular flexibility index (Phi) is 3.02. The van der Waals surface area contributed by atoms with Gasteiger partial charge >= 0.3 is 5.97 Å². The van der Waals surface area contributed by atoms with E-state index in [9.17, 15) is 18.4 Å². The lowest BCUT2D eigenvalue weighted by atomic mass is 10.1. The zero-order valence-electron chi connectivity index (χ0n) is 9.37. The van der Waals surface area contributed by atoms with Gasteiger partial charge in [-0.15, -0.1) is 0 Å². The molecule has 0 atom stereocenters. The highest BCUT2D eigenvalue weighted by atomic mass is 19.2. The molecule has 0 aliphatic heterocycles. The van der Waals surface area contributed by atoms with E-state index in [0.717, 1.165) is 12.1 Å². The van der Waals surface area contributed by atoms with E-state index in [1.807, 2.05) is 0 Å². The second-order valence-electron chi connectivity index (χ2n) is 4.32. The molecule has 0 heterocycles. The number of carbonyl (C=O) groups excluding carboxylic acids is 1. The lowest BCUT2D eigenvalue weighted by molar-refractivity contribution is -0.149. The van der Waals surface area contributed by atoms with Gasteiger partial charge in [0.25, 0.3) is 0 Å². The largest absolute Gasteiger partial charge is 0.480 e. The number of nitrogens with one attached hydrogen (secondary N) is 1. The first kappa shape index (κ1) is 12.5. The first-order valence-electron chi connectivity index (χ1n) is 5.41. The fourth-order valence-corrected chi connectivity index (χ4v) is 1.66. The number of rotatable bonds is 4. The summed E-state index contributed by atoms with van der Waals surface area (Å²) in [6.07, 6.45) is 0.623. The van der Waals surface area contributed by atoms with E-state index < -0.39 is 28.9 Å². The van der Waals surface area contributed by atoms with E-state index in [1.165, 1.54) is 6.07 Å². The van der Waals surface area contributed by atoms with Crippen molar-refractivity contribution in [1.82, 2.24) is 5.32 Å². The van der Waals surface area contributed by atoms with Crippen molar-refractivity contribution in [3.63, 3.8) is 0 Å². The maximum atomic E-state index is 12.9. The lowest BCUT2D eigenvalue weighted by Gasteiger charge is -2.10. The van der Waals surface area contributed by atoms with Gasteiger partial charge < -0.3 is 10.4 Å². The molecule has 0 bridgehead atoms. The van der Waals surface area contributed by atoms with Crippen molar-refractivity contribution in [3.05, 3.63) is 35.4 Å². The number of benzene rings is 1. The van der Waals surface area contributed by atoms with Crippen molar-refractivity contribution in [3.8, 4) is 0 Å². The molecule has 1 aliphatic carbocycles. The van der Waals surface area contributed by atoms with Gasteiger partial charge in [0.05, 0.1) is 0 Å². The Morgan fingerprint density at radius 1 is 1.28 bits per heavy atom. The van der Waals surface area contributed by atoms with E-state index in [4.69, 9.17) is 5.11 Å². The molecule has 96 valence electrons. The van der Waals surface area contributed by atoms with Gasteiger partial charge in [-0.1, -0.05) is 6.07 Å². The molecule has 0 unspecified atom stereocenters. The number of amides is 1. The molecule has 1 amide bonds. The minimum atomic E-state index is -1.32. The fraction of sp³-hybridized carbons (Fsp3) is 0.333. The molecule has 2 N–H and O–H groups in total. The van der Waals surface area contributed by atoms with Crippen LogP contribution in [0.25, 0.3) is 0 Å². The number of halogens is 2. The third-order valence-corrected chi connectivity index (χ3v) is 3.03. The van der Waals surface area contributed by atoms with Gasteiger partial charge in [-0.2, -0.15) is 0 Å². The van der Waals surface area contributed by atoms with Crippen LogP contribution in [0, 0.1) is 17.0 Å². The molecule has 0 aromatic heterocycles. The molecule has 18 heavy (non-hydrogen) atoms. The number of carboxylic acid groups (broad SMARTS) is 1. The van der Waals surface area contributed by atoms with Crippen molar-refractivity contribution in [1.29, 1.82) is 0 Å². The summed E-state index contributed by atoms with van der Waals surface area (Å²) in [7, 11) is 0. The van der Waals surface area contributed by atoms with Crippen LogP contribution in [0.15, 0.2) is 18.2 Å². The highest BCUT2D eigenvalue weighted by molar-refractivity contribution is 6.04. The van der Waals surface area contributed by atoms with Crippen molar-refractivity contribution in [2.75, 3.05) is 0 Å². The second kappa shape index (κ2) is 4.36. The molecule has 1 saturated carbocycles. The average molecular weight is 255 g/mol. The Balaban J connectivity index is 1.98. The monoisotopic (exact) mass is 255 g/mol. The summed E-state index contributed by atoms with van der Waals surface area (Å²) in [5.41, 5.74) is -0.943. The second-order valence-corrected chi connectivity index (χ2v) is 4.32. The predicted octanol–water partition coefficient (Wildman–Crippen LogP) is 1.45. The molecule has 0 spiro atoms. The van der Waals surface area contributed by atoms with Gasteiger partial charge in [0.1, 0.15) is 5.41 Å². The molecule has 4 nitrogen and oxygen atoms in total. The summed E-state index contributed by atoms with van der Waals surface area (Å²) in [6.45, 7) is -0.0228. The van der Waals surface area contributed by atoms with Gasteiger partial charge in [0.2, 0.25) is 5.91 Å². The molecule has 1 aromatic carbocycles. The van der Waals surface area contributed by atoms with Crippen molar-refractivity contribution in [2.24, 2.45) is 5.41 Å². The summed E-state index contributed by atoms with van der Waals surface area (Å²) >= 11 is 0. The summed E-state index contributed by atoms with van der Waals surface area (Å²) in [5, 5.41) is 11.3.